The highest BCUT2D eigenvalue weighted by Crippen LogP contribution is 2.29. The molecule has 29 heavy (non-hydrogen) atoms. The van der Waals surface area contributed by atoms with E-state index < -0.39 is 0 Å². The molecule has 1 fully saturated rings. The first-order chi connectivity index (χ1) is 14.2. The molecule has 0 radical (unpaired) electrons. The lowest BCUT2D eigenvalue weighted by Crippen LogP contribution is -2.16. The van der Waals surface area contributed by atoms with Crippen LogP contribution >= 0.6 is 23.1 Å². The number of thioether (sulfide) groups is 1. The lowest BCUT2D eigenvalue weighted by Gasteiger charge is -2.14. The van der Waals surface area contributed by atoms with Gasteiger partial charge in [-0.15, -0.1) is 21.5 Å². The third kappa shape index (κ3) is 5.12. The van der Waals surface area contributed by atoms with Gasteiger partial charge in [0.15, 0.2) is 16.8 Å². The minimum absolute atomic E-state index is 0.0331. The van der Waals surface area contributed by atoms with Crippen LogP contribution in [0.1, 0.15) is 36.0 Å². The summed E-state index contributed by atoms with van der Waals surface area (Å²) in [5, 5.41) is 11.7. The lowest BCUT2D eigenvalue weighted by molar-refractivity contribution is 0.0953. The van der Waals surface area contributed by atoms with Crippen molar-refractivity contribution < 1.29 is 13.9 Å². The van der Waals surface area contributed by atoms with Gasteiger partial charge in [-0.1, -0.05) is 17.8 Å². The molecule has 1 aromatic carbocycles. The maximum atomic E-state index is 13.0. The molecule has 0 bridgehead atoms. The molecule has 2 aromatic heterocycles. The first-order valence-corrected chi connectivity index (χ1v) is 11.6. The number of hydrogen-bond donors (Lipinski definition) is 0. The summed E-state index contributed by atoms with van der Waals surface area (Å²) in [4.78, 5) is 13.3. The molecule has 8 heteroatoms. The fourth-order valence-corrected chi connectivity index (χ4v) is 4.92. The average Bonchev–Trinajstić information content (AvgIpc) is 3.49. The second-order valence-corrected chi connectivity index (χ2v) is 8.92. The summed E-state index contributed by atoms with van der Waals surface area (Å²) >= 11 is 3.26. The Kier molecular flexibility index (Phi) is 6.74. The first kappa shape index (κ1) is 20.3. The van der Waals surface area contributed by atoms with E-state index in [9.17, 15) is 9.18 Å². The predicted molar refractivity (Wildman–Crippen MR) is 113 cm³/mol. The number of rotatable bonds is 9. The van der Waals surface area contributed by atoms with Crippen LogP contribution in [0.5, 0.6) is 0 Å². The summed E-state index contributed by atoms with van der Waals surface area (Å²) in [6.07, 6.45) is 3.50. The molecule has 1 aliphatic heterocycles. The fourth-order valence-electron chi connectivity index (χ4n) is 3.32. The van der Waals surface area contributed by atoms with Gasteiger partial charge in [0.25, 0.3) is 0 Å². The minimum atomic E-state index is -0.329. The Hall–Kier alpha value is -2.03. The molecule has 1 aliphatic rings. The van der Waals surface area contributed by atoms with Crippen LogP contribution in [0.25, 0.3) is 10.7 Å². The Balaban J connectivity index is 1.37. The van der Waals surface area contributed by atoms with Crippen molar-refractivity contribution in [2.45, 2.75) is 43.5 Å². The molecule has 0 amide bonds. The van der Waals surface area contributed by atoms with Crippen LogP contribution in [0, 0.1) is 5.82 Å². The second kappa shape index (κ2) is 9.65. The molecule has 3 aromatic rings. The van der Waals surface area contributed by atoms with E-state index in [1.165, 1.54) is 24.3 Å². The van der Waals surface area contributed by atoms with E-state index in [1.807, 2.05) is 11.4 Å². The molecule has 1 saturated heterocycles. The summed E-state index contributed by atoms with van der Waals surface area (Å²) in [5.74, 6) is 1.34. The first-order valence-electron chi connectivity index (χ1n) is 9.71. The number of hydrogen-bond acceptors (Lipinski definition) is 6. The van der Waals surface area contributed by atoms with Crippen LogP contribution in [0.4, 0.5) is 4.39 Å². The molecule has 1 atom stereocenters. The number of benzene rings is 1. The van der Waals surface area contributed by atoms with Crippen LogP contribution < -0.4 is 0 Å². The normalized spacial score (nSPS) is 16.4. The summed E-state index contributed by atoms with van der Waals surface area (Å²) in [5.41, 5.74) is 0.554. The van der Waals surface area contributed by atoms with Gasteiger partial charge >= 0.3 is 0 Å². The Morgan fingerprint density at radius 2 is 2.14 bits per heavy atom. The van der Waals surface area contributed by atoms with Gasteiger partial charge < -0.3 is 4.74 Å². The maximum absolute atomic E-state index is 13.0. The number of thiophene rings is 1. The van der Waals surface area contributed by atoms with Gasteiger partial charge in [-0.3, -0.25) is 9.36 Å². The minimum Gasteiger partial charge on any atom is -0.376 e. The fraction of sp³-hybridized carbons (Fsp3) is 0.381. The van der Waals surface area contributed by atoms with Gasteiger partial charge in [0.05, 0.1) is 17.5 Å². The molecular formula is C21H22FN3O2S2. The smallest absolute Gasteiger partial charge is 0.191 e. The van der Waals surface area contributed by atoms with Crippen molar-refractivity contribution in [3.05, 3.63) is 53.2 Å². The molecule has 0 N–H and O–H groups in total. The van der Waals surface area contributed by atoms with Crippen molar-refractivity contribution in [1.29, 1.82) is 0 Å². The zero-order valence-electron chi connectivity index (χ0n) is 15.9. The molecule has 4 rings (SSSR count). The van der Waals surface area contributed by atoms with E-state index in [-0.39, 0.29) is 17.7 Å². The number of Topliss-reactive ketones (excluding diaryl/α,β-unsaturated/α-hetero) is 1. The Morgan fingerprint density at radius 1 is 1.28 bits per heavy atom. The molecule has 0 aliphatic carbocycles. The van der Waals surface area contributed by atoms with Gasteiger partial charge in [-0.2, -0.15) is 0 Å². The van der Waals surface area contributed by atoms with Gasteiger partial charge in [0.1, 0.15) is 5.82 Å². The van der Waals surface area contributed by atoms with E-state index in [0.717, 1.165) is 54.0 Å². The summed E-state index contributed by atoms with van der Waals surface area (Å²) in [6, 6.07) is 9.78. The van der Waals surface area contributed by atoms with Crippen LogP contribution in [0.2, 0.25) is 0 Å². The van der Waals surface area contributed by atoms with Crippen LogP contribution in [-0.2, 0) is 11.3 Å². The van der Waals surface area contributed by atoms with E-state index in [4.69, 9.17) is 4.74 Å². The monoisotopic (exact) mass is 431 g/mol. The molecule has 0 spiro atoms. The van der Waals surface area contributed by atoms with Crippen molar-refractivity contribution in [2.75, 3.05) is 12.4 Å². The quantitative estimate of drug-likeness (QED) is 0.269. The van der Waals surface area contributed by atoms with E-state index in [0.29, 0.717) is 12.0 Å². The Labute approximate surface area is 177 Å². The number of nitrogens with zero attached hydrogens (tertiary/aromatic N) is 3. The lowest BCUT2D eigenvalue weighted by atomic mass is 10.1. The number of carbonyl (C=O) groups is 1. The zero-order valence-corrected chi connectivity index (χ0v) is 17.6. The third-order valence-electron chi connectivity index (χ3n) is 4.81. The molecule has 152 valence electrons. The van der Waals surface area contributed by atoms with Crippen molar-refractivity contribution in [1.82, 2.24) is 14.8 Å². The highest BCUT2D eigenvalue weighted by Gasteiger charge is 2.22. The number of halogens is 1. The predicted octanol–water partition coefficient (Wildman–Crippen LogP) is 5.08. The van der Waals surface area contributed by atoms with E-state index in [2.05, 4.69) is 20.8 Å². The highest BCUT2D eigenvalue weighted by molar-refractivity contribution is 7.99. The van der Waals surface area contributed by atoms with E-state index >= 15 is 0 Å². The topological polar surface area (TPSA) is 57.0 Å². The average molecular weight is 432 g/mol. The van der Waals surface area contributed by atoms with E-state index in [1.54, 1.807) is 23.1 Å². The molecule has 0 saturated carbocycles. The van der Waals surface area contributed by atoms with Crippen LogP contribution in [-0.4, -0.2) is 39.0 Å². The highest BCUT2D eigenvalue weighted by atomic mass is 32.2. The standard InChI is InChI=1S/C21H22FN3O2S2/c22-16-9-7-15(8-10-16)18(26)5-2-13-29-21-24-23-20(19-6-3-12-28-19)25(21)14-17-4-1-11-27-17/h3,6-10,12,17H,1-2,4-5,11,13-14H2. The largest absolute Gasteiger partial charge is 0.376 e. The SMILES string of the molecule is O=C(CCCSc1nnc(-c2cccs2)n1CC1CCCO1)c1ccc(F)cc1. The summed E-state index contributed by atoms with van der Waals surface area (Å²) < 4.78 is 21.0. The molecule has 1 unspecified atom stereocenters. The third-order valence-corrected chi connectivity index (χ3v) is 6.73. The number of ketones is 1. The summed E-state index contributed by atoms with van der Waals surface area (Å²) in [7, 11) is 0. The van der Waals surface area contributed by atoms with Crippen molar-refractivity contribution >= 4 is 28.9 Å². The number of ether oxygens (including phenoxy) is 1. The van der Waals surface area contributed by atoms with Gasteiger partial charge in [-0.25, -0.2) is 4.39 Å². The zero-order chi connectivity index (χ0) is 20.1. The van der Waals surface area contributed by atoms with Crippen molar-refractivity contribution in [3.8, 4) is 10.7 Å². The summed E-state index contributed by atoms with van der Waals surface area (Å²) in [6.45, 7) is 1.56. The van der Waals surface area contributed by atoms with Crippen molar-refractivity contribution in [3.63, 3.8) is 0 Å². The molecular weight excluding hydrogens is 409 g/mol. The number of aromatic nitrogens is 3. The Bertz CT molecular complexity index is 936. The van der Waals surface area contributed by atoms with Gasteiger partial charge in [0, 0.05) is 24.3 Å². The van der Waals surface area contributed by atoms with Gasteiger partial charge in [-0.05, 0) is 55.0 Å². The molecule has 3 heterocycles. The van der Waals surface area contributed by atoms with Crippen LogP contribution in [0.3, 0.4) is 0 Å². The Morgan fingerprint density at radius 3 is 2.86 bits per heavy atom. The molecule has 5 nitrogen and oxygen atoms in total. The van der Waals surface area contributed by atoms with Crippen LogP contribution in [0.15, 0.2) is 46.9 Å². The van der Waals surface area contributed by atoms with Gasteiger partial charge in [0.2, 0.25) is 0 Å². The maximum Gasteiger partial charge on any atom is 0.191 e. The van der Waals surface area contributed by atoms with Crippen molar-refractivity contribution in [2.24, 2.45) is 0 Å². The number of carbonyl (C=O) groups excluding carboxylic acids is 1. The second-order valence-electron chi connectivity index (χ2n) is 6.91.